The lowest BCUT2D eigenvalue weighted by Crippen LogP contribution is -2.58. The molecule has 116 valence electrons. The van der Waals surface area contributed by atoms with Crippen molar-refractivity contribution in [3.63, 3.8) is 0 Å². The van der Waals surface area contributed by atoms with Gasteiger partial charge in [-0.15, -0.1) is 0 Å². The van der Waals surface area contributed by atoms with Crippen molar-refractivity contribution in [2.45, 2.75) is 51.6 Å². The number of aromatic nitrogens is 1. The van der Waals surface area contributed by atoms with Gasteiger partial charge in [0.2, 0.25) is 0 Å². The molecule has 1 N–H and O–H groups in total. The summed E-state index contributed by atoms with van der Waals surface area (Å²) < 4.78 is 5.53. The zero-order chi connectivity index (χ0) is 14.9. The number of nitrogens with zero attached hydrogens (tertiary/aromatic N) is 2. The topological polar surface area (TPSA) is 37.4 Å². The standard InChI is InChI=1S/C17H27N3O/c1-13-10-18-15(14(2)16(13)21-3)11-20-9-8-19-17(12-20)6-4-5-7-17/h10,19H,4-9,11-12H2,1-3H3. The summed E-state index contributed by atoms with van der Waals surface area (Å²) >= 11 is 0. The third-order valence-corrected chi connectivity index (χ3v) is 5.14. The van der Waals surface area contributed by atoms with E-state index in [2.05, 4.69) is 29.0 Å². The van der Waals surface area contributed by atoms with Crippen molar-refractivity contribution in [2.75, 3.05) is 26.7 Å². The van der Waals surface area contributed by atoms with Crippen LogP contribution in [0.15, 0.2) is 6.20 Å². The lowest BCUT2D eigenvalue weighted by atomic mass is 9.94. The van der Waals surface area contributed by atoms with Crippen LogP contribution in [0.2, 0.25) is 0 Å². The molecule has 1 saturated carbocycles. The zero-order valence-corrected chi connectivity index (χ0v) is 13.5. The number of hydrogen-bond donors (Lipinski definition) is 1. The molecule has 4 heteroatoms. The predicted octanol–water partition coefficient (Wildman–Crippen LogP) is 2.43. The Labute approximate surface area is 127 Å². The maximum atomic E-state index is 5.53. The van der Waals surface area contributed by atoms with Gasteiger partial charge in [-0.05, 0) is 26.7 Å². The summed E-state index contributed by atoms with van der Waals surface area (Å²) in [5, 5.41) is 3.77. The predicted molar refractivity (Wildman–Crippen MR) is 84.7 cm³/mol. The summed E-state index contributed by atoms with van der Waals surface area (Å²) in [4.78, 5) is 7.21. The van der Waals surface area contributed by atoms with E-state index in [1.165, 1.54) is 31.2 Å². The van der Waals surface area contributed by atoms with E-state index in [0.717, 1.165) is 43.2 Å². The Morgan fingerprint density at radius 2 is 2.10 bits per heavy atom. The molecule has 1 spiro atoms. The van der Waals surface area contributed by atoms with Crippen LogP contribution in [0.3, 0.4) is 0 Å². The summed E-state index contributed by atoms with van der Waals surface area (Å²) in [5.74, 6) is 0.991. The Hall–Kier alpha value is -1.13. The highest BCUT2D eigenvalue weighted by Gasteiger charge is 2.37. The Morgan fingerprint density at radius 1 is 1.33 bits per heavy atom. The van der Waals surface area contributed by atoms with Crippen LogP contribution >= 0.6 is 0 Å². The van der Waals surface area contributed by atoms with Gasteiger partial charge in [0.15, 0.2) is 0 Å². The van der Waals surface area contributed by atoms with Crippen LogP contribution < -0.4 is 10.1 Å². The van der Waals surface area contributed by atoms with Crippen LogP contribution in [0.5, 0.6) is 5.75 Å². The number of aryl methyl sites for hydroxylation is 1. The SMILES string of the molecule is COc1c(C)cnc(CN2CCNC3(CCCC3)C2)c1C. The molecule has 2 aliphatic rings. The van der Waals surface area contributed by atoms with Gasteiger partial charge in [-0.3, -0.25) is 9.88 Å². The molecule has 0 atom stereocenters. The average Bonchev–Trinajstić information content (AvgIpc) is 2.91. The molecule has 0 amide bonds. The van der Waals surface area contributed by atoms with Crippen LogP contribution in [0, 0.1) is 13.8 Å². The van der Waals surface area contributed by atoms with Gasteiger partial charge in [0.05, 0.1) is 12.8 Å². The van der Waals surface area contributed by atoms with E-state index in [1.807, 2.05) is 6.20 Å². The maximum absolute atomic E-state index is 5.53. The van der Waals surface area contributed by atoms with Crippen molar-refractivity contribution in [2.24, 2.45) is 0 Å². The van der Waals surface area contributed by atoms with Gasteiger partial charge in [0, 0.05) is 49.0 Å². The first kappa shape index (κ1) is 14.8. The number of methoxy groups -OCH3 is 1. The molecule has 0 bridgehead atoms. The summed E-state index contributed by atoms with van der Waals surface area (Å²) in [6, 6.07) is 0. The van der Waals surface area contributed by atoms with Crippen LogP contribution in [0.25, 0.3) is 0 Å². The van der Waals surface area contributed by atoms with Crippen molar-refractivity contribution in [1.82, 2.24) is 15.2 Å². The summed E-state index contributed by atoms with van der Waals surface area (Å²) in [6.07, 6.45) is 7.34. The van der Waals surface area contributed by atoms with E-state index in [1.54, 1.807) is 7.11 Å². The Bertz CT molecular complexity index is 509. The number of nitrogens with one attached hydrogen (secondary N) is 1. The molecule has 1 saturated heterocycles. The lowest BCUT2D eigenvalue weighted by Gasteiger charge is -2.41. The molecule has 2 fully saturated rings. The fraction of sp³-hybridized carbons (Fsp3) is 0.706. The highest BCUT2D eigenvalue weighted by atomic mass is 16.5. The molecule has 0 unspecified atom stereocenters. The molecular formula is C17H27N3O. The molecule has 1 aliphatic heterocycles. The largest absolute Gasteiger partial charge is 0.496 e. The number of piperazine rings is 1. The first-order valence-electron chi connectivity index (χ1n) is 8.10. The van der Waals surface area contributed by atoms with Crippen molar-refractivity contribution < 1.29 is 4.74 Å². The molecule has 21 heavy (non-hydrogen) atoms. The molecule has 1 aromatic rings. The van der Waals surface area contributed by atoms with Gasteiger partial charge in [0.1, 0.15) is 5.75 Å². The van der Waals surface area contributed by atoms with Crippen LogP contribution in [0.1, 0.15) is 42.5 Å². The van der Waals surface area contributed by atoms with Gasteiger partial charge in [-0.25, -0.2) is 0 Å². The highest BCUT2D eigenvalue weighted by Crippen LogP contribution is 2.33. The second-order valence-electron chi connectivity index (χ2n) is 6.67. The van der Waals surface area contributed by atoms with Crippen LogP contribution in [-0.2, 0) is 6.54 Å². The lowest BCUT2D eigenvalue weighted by molar-refractivity contribution is 0.127. The summed E-state index contributed by atoms with van der Waals surface area (Å²) in [6.45, 7) is 8.49. The zero-order valence-electron chi connectivity index (χ0n) is 13.5. The molecule has 2 heterocycles. The quantitative estimate of drug-likeness (QED) is 0.927. The van der Waals surface area contributed by atoms with Crippen molar-refractivity contribution >= 4 is 0 Å². The Kier molecular flexibility index (Phi) is 4.18. The van der Waals surface area contributed by atoms with Crippen LogP contribution in [-0.4, -0.2) is 42.2 Å². The molecule has 4 nitrogen and oxygen atoms in total. The van der Waals surface area contributed by atoms with Gasteiger partial charge in [-0.1, -0.05) is 12.8 Å². The third kappa shape index (κ3) is 2.92. The number of hydrogen-bond acceptors (Lipinski definition) is 4. The second-order valence-corrected chi connectivity index (χ2v) is 6.67. The first-order chi connectivity index (χ1) is 10.1. The van der Waals surface area contributed by atoms with Crippen molar-refractivity contribution in [1.29, 1.82) is 0 Å². The molecule has 1 aliphatic carbocycles. The molecule has 0 radical (unpaired) electrons. The second kappa shape index (κ2) is 5.93. The van der Waals surface area contributed by atoms with Gasteiger partial charge in [0.25, 0.3) is 0 Å². The maximum Gasteiger partial charge on any atom is 0.128 e. The van der Waals surface area contributed by atoms with Gasteiger partial charge in [-0.2, -0.15) is 0 Å². The van der Waals surface area contributed by atoms with Gasteiger partial charge < -0.3 is 10.1 Å². The number of rotatable bonds is 3. The normalized spacial score (nSPS) is 21.9. The molecule has 3 rings (SSSR count). The van der Waals surface area contributed by atoms with E-state index >= 15 is 0 Å². The van der Waals surface area contributed by atoms with Crippen molar-refractivity contribution in [3.05, 3.63) is 23.0 Å². The minimum Gasteiger partial charge on any atom is -0.496 e. The fourth-order valence-corrected chi connectivity index (χ4v) is 4.01. The van der Waals surface area contributed by atoms with E-state index < -0.39 is 0 Å². The summed E-state index contributed by atoms with van der Waals surface area (Å²) in [7, 11) is 1.75. The monoisotopic (exact) mass is 289 g/mol. The highest BCUT2D eigenvalue weighted by molar-refractivity contribution is 5.41. The molecule has 1 aromatic heterocycles. The van der Waals surface area contributed by atoms with E-state index in [0.29, 0.717) is 5.54 Å². The van der Waals surface area contributed by atoms with E-state index in [4.69, 9.17) is 4.74 Å². The number of pyridine rings is 1. The third-order valence-electron chi connectivity index (χ3n) is 5.14. The number of ether oxygens (including phenoxy) is 1. The van der Waals surface area contributed by atoms with E-state index in [-0.39, 0.29) is 0 Å². The summed E-state index contributed by atoms with van der Waals surface area (Å²) in [5.41, 5.74) is 3.84. The van der Waals surface area contributed by atoms with Crippen LogP contribution in [0.4, 0.5) is 0 Å². The Morgan fingerprint density at radius 3 is 2.81 bits per heavy atom. The first-order valence-corrected chi connectivity index (χ1v) is 8.10. The smallest absolute Gasteiger partial charge is 0.128 e. The average molecular weight is 289 g/mol. The Balaban J connectivity index is 1.74. The minimum atomic E-state index is 0.376. The molecule has 0 aromatic carbocycles. The minimum absolute atomic E-state index is 0.376. The molecular weight excluding hydrogens is 262 g/mol. The van der Waals surface area contributed by atoms with Crippen molar-refractivity contribution in [3.8, 4) is 5.75 Å². The fourth-order valence-electron chi connectivity index (χ4n) is 4.01. The van der Waals surface area contributed by atoms with Gasteiger partial charge >= 0.3 is 0 Å². The van der Waals surface area contributed by atoms with E-state index in [9.17, 15) is 0 Å².